The Hall–Kier alpha value is -0.920. The predicted octanol–water partition coefficient (Wildman–Crippen LogP) is 2.41. The number of halogens is 1. The largest absolute Gasteiger partial charge is 0.351 e. The first-order valence-electron chi connectivity index (χ1n) is 6.88. The molecule has 0 atom stereocenters. The highest BCUT2D eigenvalue weighted by Gasteiger charge is 2.35. The van der Waals surface area contributed by atoms with E-state index in [9.17, 15) is 13.2 Å². The molecule has 2 rings (SSSR count). The normalized spacial score (nSPS) is 17.1. The monoisotopic (exact) mass is 374 g/mol. The average molecular weight is 375 g/mol. The van der Waals surface area contributed by atoms with Crippen molar-refractivity contribution in [3.63, 3.8) is 0 Å². The zero-order chi connectivity index (χ0) is 15.7. The number of rotatable bonds is 5. The molecule has 0 radical (unpaired) electrons. The van der Waals surface area contributed by atoms with Crippen molar-refractivity contribution in [2.75, 3.05) is 6.54 Å². The van der Waals surface area contributed by atoms with E-state index in [-0.39, 0.29) is 21.8 Å². The van der Waals surface area contributed by atoms with Gasteiger partial charge in [-0.15, -0.1) is 0 Å². The predicted molar refractivity (Wildman–Crippen MR) is 84.4 cm³/mol. The molecule has 0 aromatic heterocycles. The minimum Gasteiger partial charge on any atom is -0.351 e. The molecule has 1 amide bonds. The second-order valence-electron chi connectivity index (χ2n) is 5.58. The Bertz CT molecular complexity index is 649. The molecule has 1 aromatic carbocycles. The van der Waals surface area contributed by atoms with Crippen LogP contribution in [-0.2, 0) is 10.0 Å². The minimum atomic E-state index is -3.82. The lowest BCUT2D eigenvalue weighted by atomic mass is 9.67. The Morgan fingerprint density at radius 1 is 1.43 bits per heavy atom. The molecule has 0 saturated heterocycles. The molecule has 21 heavy (non-hydrogen) atoms. The molecule has 0 bridgehead atoms. The first-order valence-corrected chi connectivity index (χ1v) is 9.22. The van der Waals surface area contributed by atoms with Gasteiger partial charge in [-0.05, 0) is 58.8 Å². The summed E-state index contributed by atoms with van der Waals surface area (Å²) in [5.41, 5.74) is 0.492. The van der Waals surface area contributed by atoms with E-state index in [1.54, 1.807) is 0 Å². The second-order valence-corrected chi connectivity index (χ2v) is 7.99. The Morgan fingerprint density at radius 2 is 2.10 bits per heavy atom. The van der Waals surface area contributed by atoms with Gasteiger partial charge in [0.25, 0.3) is 5.91 Å². The topological polar surface area (TPSA) is 89.3 Å². The van der Waals surface area contributed by atoms with Crippen LogP contribution in [0.1, 0.15) is 43.0 Å². The fraction of sp³-hybridized carbons (Fsp3) is 0.500. The van der Waals surface area contributed by atoms with Crippen LogP contribution in [0.5, 0.6) is 0 Å². The van der Waals surface area contributed by atoms with Crippen LogP contribution >= 0.6 is 15.9 Å². The lowest BCUT2D eigenvalue weighted by molar-refractivity contribution is 0.0849. The zero-order valence-corrected chi connectivity index (χ0v) is 14.3. The summed E-state index contributed by atoms with van der Waals surface area (Å²) in [5, 5.41) is 8.00. The molecule has 3 N–H and O–H groups in total. The number of carbonyl (C=O) groups is 1. The number of amides is 1. The molecule has 1 aliphatic carbocycles. The highest BCUT2D eigenvalue weighted by Crippen LogP contribution is 2.43. The molecule has 1 aromatic rings. The summed E-state index contributed by atoms with van der Waals surface area (Å²) in [6.45, 7) is 2.75. The fourth-order valence-electron chi connectivity index (χ4n) is 2.55. The number of nitrogens with one attached hydrogen (secondary N) is 1. The van der Waals surface area contributed by atoms with Crippen LogP contribution in [0, 0.1) is 5.41 Å². The maximum absolute atomic E-state index is 12.3. The summed E-state index contributed by atoms with van der Waals surface area (Å²) < 4.78 is 23.3. The molecule has 0 unspecified atom stereocenters. The smallest absolute Gasteiger partial charge is 0.252 e. The van der Waals surface area contributed by atoms with Crippen LogP contribution in [-0.4, -0.2) is 20.9 Å². The van der Waals surface area contributed by atoms with Crippen LogP contribution in [0.2, 0.25) is 0 Å². The molecular formula is C14H19BrN2O3S. The highest BCUT2D eigenvalue weighted by molar-refractivity contribution is 9.10. The molecule has 0 aliphatic heterocycles. The highest BCUT2D eigenvalue weighted by atomic mass is 79.9. The summed E-state index contributed by atoms with van der Waals surface area (Å²) in [6, 6.07) is 4.19. The van der Waals surface area contributed by atoms with Crippen molar-refractivity contribution in [3.05, 3.63) is 28.2 Å². The van der Waals surface area contributed by atoms with Crippen molar-refractivity contribution in [1.29, 1.82) is 0 Å². The van der Waals surface area contributed by atoms with Crippen molar-refractivity contribution < 1.29 is 13.2 Å². The van der Waals surface area contributed by atoms with E-state index >= 15 is 0 Å². The van der Waals surface area contributed by atoms with Gasteiger partial charge >= 0.3 is 0 Å². The number of sulfonamides is 1. The fourth-order valence-corrected chi connectivity index (χ4v) is 3.52. The maximum Gasteiger partial charge on any atom is 0.252 e. The van der Waals surface area contributed by atoms with Crippen LogP contribution in [0.3, 0.4) is 0 Å². The van der Waals surface area contributed by atoms with Crippen LogP contribution in [0.25, 0.3) is 0 Å². The van der Waals surface area contributed by atoms with Gasteiger partial charge in [0.2, 0.25) is 10.0 Å². The average Bonchev–Trinajstić information content (AvgIpc) is 2.36. The van der Waals surface area contributed by atoms with E-state index in [0.29, 0.717) is 11.0 Å². The van der Waals surface area contributed by atoms with E-state index in [0.717, 1.165) is 19.3 Å². The van der Waals surface area contributed by atoms with Gasteiger partial charge in [-0.25, -0.2) is 13.6 Å². The lowest BCUT2D eigenvalue weighted by Gasteiger charge is -2.41. The maximum atomic E-state index is 12.3. The molecule has 7 heteroatoms. The van der Waals surface area contributed by atoms with Crippen molar-refractivity contribution in [2.45, 2.75) is 37.5 Å². The Morgan fingerprint density at radius 3 is 2.57 bits per heavy atom. The third-order valence-corrected chi connectivity index (χ3v) is 5.90. The summed E-state index contributed by atoms with van der Waals surface area (Å²) in [4.78, 5) is 12.2. The van der Waals surface area contributed by atoms with Crippen molar-refractivity contribution in [3.8, 4) is 0 Å². The van der Waals surface area contributed by atoms with Gasteiger partial charge in [0.05, 0.1) is 10.5 Å². The van der Waals surface area contributed by atoms with Gasteiger partial charge in [-0.3, -0.25) is 4.79 Å². The summed E-state index contributed by atoms with van der Waals surface area (Å²) in [5.74, 6) is -0.285. The molecular weight excluding hydrogens is 356 g/mol. The van der Waals surface area contributed by atoms with Crippen LogP contribution in [0.4, 0.5) is 0 Å². The van der Waals surface area contributed by atoms with Gasteiger partial charge in [0, 0.05) is 11.0 Å². The third-order valence-electron chi connectivity index (χ3n) is 4.30. The quantitative estimate of drug-likeness (QED) is 0.828. The lowest BCUT2D eigenvalue weighted by Crippen LogP contribution is -2.41. The van der Waals surface area contributed by atoms with Crippen LogP contribution in [0.15, 0.2) is 27.6 Å². The zero-order valence-electron chi connectivity index (χ0n) is 11.9. The number of primary sulfonamides is 1. The van der Waals surface area contributed by atoms with E-state index in [1.165, 1.54) is 24.6 Å². The van der Waals surface area contributed by atoms with Crippen molar-refractivity contribution >= 4 is 31.9 Å². The van der Waals surface area contributed by atoms with Crippen molar-refractivity contribution in [1.82, 2.24) is 5.32 Å². The van der Waals surface area contributed by atoms with Crippen molar-refractivity contribution in [2.24, 2.45) is 10.6 Å². The number of carbonyl (C=O) groups excluding carboxylic acids is 1. The van der Waals surface area contributed by atoms with Gasteiger partial charge in [0.15, 0.2) is 0 Å². The minimum absolute atomic E-state index is 0.0651. The number of hydrogen-bond donors (Lipinski definition) is 2. The first-order chi connectivity index (χ1) is 9.77. The standard InChI is InChI=1S/C14H19BrN2O3S/c1-2-14(6-3-7-14)9-17-13(18)11-8-10(21(16,19)20)4-5-12(11)15/h4-5,8H,2-3,6-7,9H2,1H3,(H,17,18)(H2,16,19,20). The van der Waals surface area contributed by atoms with Gasteiger partial charge in [-0.1, -0.05) is 13.3 Å². The Labute approximate surface area is 133 Å². The molecule has 1 saturated carbocycles. The molecule has 1 aliphatic rings. The first kappa shape index (κ1) is 16.5. The summed E-state index contributed by atoms with van der Waals surface area (Å²) in [6.07, 6.45) is 4.49. The summed E-state index contributed by atoms with van der Waals surface area (Å²) in [7, 11) is -3.82. The SMILES string of the molecule is CCC1(CNC(=O)c2cc(S(N)(=O)=O)ccc2Br)CCC1. The number of benzene rings is 1. The molecule has 0 heterocycles. The molecule has 5 nitrogen and oxygen atoms in total. The van der Waals surface area contributed by atoms with Gasteiger partial charge in [0.1, 0.15) is 0 Å². The molecule has 116 valence electrons. The third kappa shape index (κ3) is 3.64. The summed E-state index contributed by atoms with van der Waals surface area (Å²) >= 11 is 3.27. The Balaban J connectivity index is 2.15. The van der Waals surface area contributed by atoms with E-state index in [4.69, 9.17) is 5.14 Å². The number of nitrogens with two attached hydrogens (primary N) is 1. The number of hydrogen-bond acceptors (Lipinski definition) is 3. The van der Waals surface area contributed by atoms with E-state index in [2.05, 4.69) is 28.2 Å². The van der Waals surface area contributed by atoms with Gasteiger partial charge < -0.3 is 5.32 Å². The van der Waals surface area contributed by atoms with Gasteiger partial charge in [-0.2, -0.15) is 0 Å². The van der Waals surface area contributed by atoms with Crippen LogP contribution < -0.4 is 10.5 Å². The second kappa shape index (κ2) is 6.06. The Kier molecular flexibility index (Phi) is 4.75. The molecule has 0 spiro atoms. The van der Waals surface area contributed by atoms with E-state index < -0.39 is 10.0 Å². The van der Waals surface area contributed by atoms with E-state index in [1.807, 2.05) is 0 Å². The molecule has 1 fully saturated rings.